The molecule has 184 valence electrons. The van der Waals surface area contributed by atoms with Crippen molar-refractivity contribution in [1.82, 2.24) is 4.90 Å². The maximum absolute atomic E-state index is 13.0. The third-order valence-corrected chi connectivity index (χ3v) is 6.29. The Kier molecular flexibility index (Phi) is 7.31. The van der Waals surface area contributed by atoms with Crippen LogP contribution in [0.15, 0.2) is 66.7 Å². The zero-order chi connectivity index (χ0) is 25.0. The molecule has 1 heterocycles. The number of rotatable bonds is 6. The van der Waals surface area contributed by atoms with E-state index in [1.807, 2.05) is 37.3 Å². The van der Waals surface area contributed by atoms with Crippen molar-refractivity contribution in [3.05, 3.63) is 77.9 Å². The molecule has 5 nitrogen and oxygen atoms in total. The number of alkyl halides is 3. The maximum atomic E-state index is 13.0. The Labute approximate surface area is 203 Å². The molecular formula is C27H28F3N3O2. The van der Waals surface area contributed by atoms with E-state index < -0.39 is 6.36 Å². The van der Waals surface area contributed by atoms with E-state index in [1.165, 1.54) is 12.1 Å². The van der Waals surface area contributed by atoms with Crippen molar-refractivity contribution in [3.63, 3.8) is 0 Å². The minimum absolute atomic E-state index is 0.245. The highest BCUT2D eigenvalue weighted by molar-refractivity contribution is 6.06. The van der Waals surface area contributed by atoms with Crippen molar-refractivity contribution in [2.45, 2.75) is 20.2 Å². The van der Waals surface area contributed by atoms with Crippen molar-refractivity contribution in [2.75, 3.05) is 42.9 Å². The minimum atomic E-state index is -4.74. The fourth-order valence-corrected chi connectivity index (χ4v) is 4.31. The van der Waals surface area contributed by atoms with Gasteiger partial charge in [-0.3, -0.25) is 4.79 Å². The molecule has 0 spiro atoms. The molecule has 35 heavy (non-hydrogen) atoms. The number of nitrogens with one attached hydrogen (secondary N) is 1. The number of nitrogens with zero attached hydrogens (tertiary/aromatic N) is 2. The van der Waals surface area contributed by atoms with Gasteiger partial charge in [0, 0.05) is 43.1 Å². The standard InChI is InChI=1S/C27H28F3N3O2/c1-3-32-15-17-33(18-16-32)22-11-9-21(10-12-22)31-26(34)25-6-4-5-24(19(25)2)20-7-13-23(14-8-20)35-27(28,29)30/h4-14H,3,15-18H2,1-2H3,(H,31,34). The summed E-state index contributed by atoms with van der Waals surface area (Å²) in [6.07, 6.45) is -4.74. The van der Waals surface area contributed by atoms with E-state index in [0.29, 0.717) is 16.8 Å². The summed E-state index contributed by atoms with van der Waals surface area (Å²) in [6.45, 7) is 9.11. The predicted octanol–water partition coefficient (Wildman–Crippen LogP) is 5.95. The molecule has 0 aromatic heterocycles. The third-order valence-electron chi connectivity index (χ3n) is 6.29. The fraction of sp³-hybridized carbons (Fsp3) is 0.296. The number of anilines is 2. The van der Waals surface area contributed by atoms with Crippen LogP contribution in [0.3, 0.4) is 0 Å². The molecule has 0 atom stereocenters. The summed E-state index contributed by atoms with van der Waals surface area (Å²) in [5.74, 6) is -0.533. The topological polar surface area (TPSA) is 44.8 Å². The zero-order valence-corrected chi connectivity index (χ0v) is 19.7. The maximum Gasteiger partial charge on any atom is 0.573 e. The smallest absolute Gasteiger partial charge is 0.406 e. The first-order chi connectivity index (χ1) is 16.7. The second kappa shape index (κ2) is 10.4. The molecule has 0 saturated carbocycles. The molecule has 1 N–H and O–H groups in total. The third kappa shape index (κ3) is 6.14. The summed E-state index contributed by atoms with van der Waals surface area (Å²) < 4.78 is 41.2. The minimum Gasteiger partial charge on any atom is -0.406 e. The van der Waals surface area contributed by atoms with Gasteiger partial charge in [0.25, 0.3) is 5.91 Å². The lowest BCUT2D eigenvalue weighted by Crippen LogP contribution is -2.46. The van der Waals surface area contributed by atoms with Crippen molar-refractivity contribution >= 4 is 17.3 Å². The van der Waals surface area contributed by atoms with Gasteiger partial charge in [-0.1, -0.05) is 31.2 Å². The van der Waals surface area contributed by atoms with Crippen LogP contribution in [0.1, 0.15) is 22.8 Å². The molecule has 0 aliphatic carbocycles. The average Bonchev–Trinajstić information content (AvgIpc) is 2.84. The predicted molar refractivity (Wildman–Crippen MR) is 132 cm³/mol. The van der Waals surface area contributed by atoms with Gasteiger partial charge in [0.15, 0.2) is 0 Å². The molecular weight excluding hydrogens is 455 g/mol. The molecule has 1 aliphatic heterocycles. The first kappa shape index (κ1) is 24.6. The molecule has 8 heteroatoms. The highest BCUT2D eigenvalue weighted by Gasteiger charge is 2.31. The molecule has 4 rings (SSSR count). The molecule has 0 radical (unpaired) electrons. The van der Waals surface area contributed by atoms with Crippen molar-refractivity contribution in [3.8, 4) is 16.9 Å². The van der Waals surface area contributed by atoms with E-state index in [4.69, 9.17) is 0 Å². The Morgan fingerprint density at radius 3 is 2.20 bits per heavy atom. The quantitative estimate of drug-likeness (QED) is 0.470. The second-order valence-corrected chi connectivity index (χ2v) is 8.47. The Morgan fingerprint density at radius 1 is 0.943 bits per heavy atom. The number of carbonyl (C=O) groups is 1. The number of hydrogen-bond donors (Lipinski definition) is 1. The van der Waals surface area contributed by atoms with Crippen LogP contribution in [0, 0.1) is 6.92 Å². The Morgan fingerprint density at radius 2 is 1.60 bits per heavy atom. The lowest BCUT2D eigenvalue weighted by Gasteiger charge is -2.35. The highest BCUT2D eigenvalue weighted by atomic mass is 19.4. The second-order valence-electron chi connectivity index (χ2n) is 8.47. The number of piperazine rings is 1. The SMILES string of the molecule is CCN1CCN(c2ccc(NC(=O)c3cccc(-c4ccc(OC(F)(F)F)cc4)c3C)cc2)CC1. The fourth-order valence-electron chi connectivity index (χ4n) is 4.31. The Balaban J connectivity index is 1.44. The van der Waals surface area contributed by atoms with E-state index in [1.54, 1.807) is 24.3 Å². The highest BCUT2D eigenvalue weighted by Crippen LogP contribution is 2.30. The van der Waals surface area contributed by atoms with E-state index >= 15 is 0 Å². The summed E-state index contributed by atoms with van der Waals surface area (Å²) in [4.78, 5) is 17.8. The first-order valence-corrected chi connectivity index (χ1v) is 11.6. The number of carbonyl (C=O) groups excluding carboxylic acids is 1. The largest absolute Gasteiger partial charge is 0.573 e. The molecule has 1 saturated heterocycles. The lowest BCUT2D eigenvalue weighted by atomic mass is 9.96. The number of likely N-dealkylation sites (N-methyl/N-ethyl adjacent to an activating group) is 1. The van der Waals surface area contributed by atoms with Crippen LogP contribution in [0.4, 0.5) is 24.5 Å². The number of benzene rings is 3. The van der Waals surface area contributed by atoms with Crippen molar-refractivity contribution in [2.24, 2.45) is 0 Å². The normalized spacial score (nSPS) is 14.6. The van der Waals surface area contributed by atoms with Crippen molar-refractivity contribution in [1.29, 1.82) is 0 Å². The van der Waals surface area contributed by atoms with E-state index in [0.717, 1.165) is 49.5 Å². The van der Waals surface area contributed by atoms with Gasteiger partial charge < -0.3 is 19.9 Å². The summed E-state index contributed by atoms with van der Waals surface area (Å²) in [5.41, 5.74) is 4.52. The van der Waals surface area contributed by atoms with Gasteiger partial charge in [-0.25, -0.2) is 0 Å². The molecule has 0 bridgehead atoms. The van der Waals surface area contributed by atoms with E-state index in [2.05, 4.69) is 26.8 Å². The van der Waals surface area contributed by atoms with Crippen LogP contribution in [-0.2, 0) is 0 Å². The van der Waals surface area contributed by atoms with Gasteiger partial charge in [-0.2, -0.15) is 0 Å². The summed E-state index contributed by atoms with van der Waals surface area (Å²) in [5, 5.41) is 2.95. The summed E-state index contributed by atoms with van der Waals surface area (Å²) in [6, 6.07) is 18.8. The van der Waals surface area contributed by atoms with Crippen LogP contribution in [0.2, 0.25) is 0 Å². The van der Waals surface area contributed by atoms with Crippen LogP contribution in [0.25, 0.3) is 11.1 Å². The first-order valence-electron chi connectivity index (χ1n) is 11.6. The zero-order valence-electron chi connectivity index (χ0n) is 19.7. The van der Waals surface area contributed by atoms with Gasteiger partial charge in [-0.05, 0) is 72.6 Å². The van der Waals surface area contributed by atoms with Crippen LogP contribution >= 0.6 is 0 Å². The molecule has 1 amide bonds. The van der Waals surface area contributed by atoms with Crippen LogP contribution in [0.5, 0.6) is 5.75 Å². The monoisotopic (exact) mass is 483 g/mol. The van der Waals surface area contributed by atoms with Gasteiger partial charge in [0.1, 0.15) is 5.75 Å². The number of amides is 1. The Bertz CT molecular complexity index is 1150. The van der Waals surface area contributed by atoms with Gasteiger partial charge in [0.05, 0.1) is 0 Å². The molecule has 3 aromatic rings. The van der Waals surface area contributed by atoms with Gasteiger partial charge in [0.2, 0.25) is 0 Å². The van der Waals surface area contributed by atoms with Crippen LogP contribution < -0.4 is 15.0 Å². The average molecular weight is 484 g/mol. The summed E-state index contributed by atoms with van der Waals surface area (Å²) in [7, 11) is 0. The van der Waals surface area contributed by atoms with E-state index in [-0.39, 0.29) is 11.7 Å². The molecule has 0 unspecified atom stereocenters. The molecule has 1 aliphatic rings. The number of hydrogen-bond acceptors (Lipinski definition) is 4. The number of ether oxygens (including phenoxy) is 1. The van der Waals surface area contributed by atoms with Gasteiger partial charge >= 0.3 is 6.36 Å². The van der Waals surface area contributed by atoms with Gasteiger partial charge in [-0.15, -0.1) is 13.2 Å². The Hall–Kier alpha value is -3.52. The van der Waals surface area contributed by atoms with Crippen LogP contribution in [-0.4, -0.2) is 49.9 Å². The number of halogens is 3. The summed E-state index contributed by atoms with van der Waals surface area (Å²) >= 11 is 0. The van der Waals surface area contributed by atoms with Crippen molar-refractivity contribution < 1.29 is 22.7 Å². The van der Waals surface area contributed by atoms with E-state index in [9.17, 15) is 18.0 Å². The molecule has 3 aromatic carbocycles. The molecule has 1 fully saturated rings. The lowest BCUT2D eigenvalue weighted by molar-refractivity contribution is -0.274.